The van der Waals surface area contributed by atoms with Crippen molar-refractivity contribution in [3.63, 3.8) is 0 Å². The quantitative estimate of drug-likeness (QED) is 0.293. The van der Waals surface area contributed by atoms with E-state index in [-0.39, 0.29) is 24.2 Å². The van der Waals surface area contributed by atoms with E-state index >= 15 is 0 Å². The van der Waals surface area contributed by atoms with Gasteiger partial charge in [0.2, 0.25) is 5.52 Å². The fraction of sp³-hybridized carbons (Fsp3) is 0.727. The Morgan fingerprint density at radius 3 is 2.24 bits per heavy atom. The van der Waals surface area contributed by atoms with E-state index in [0.717, 1.165) is 0 Å². The van der Waals surface area contributed by atoms with Crippen molar-refractivity contribution < 1.29 is 33.8 Å². The second-order valence-electron chi connectivity index (χ2n) is 4.17. The predicted octanol–water partition coefficient (Wildman–Crippen LogP) is 0.128. The number of amides is 1. The highest BCUT2D eigenvalue weighted by Crippen LogP contribution is 2.45. The summed E-state index contributed by atoms with van der Waals surface area (Å²) in [6.45, 7) is 2.21. The molecule has 3 N–H and O–H groups in total. The van der Waals surface area contributed by atoms with Crippen molar-refractivity contribution in [1.29, 1.82) is 0 Å². The highest BCUT2D eigenvalue weighted by atomic mass is 31.2. The monoisotopic (exact) mass is 324 g/mol. The Morgan fingerprint density at radius 1 is 1.29 bits per heavy atom. The third-order valence-corrected chi connectivity index (χ3v) is 5.21. The molecule has 2 atom stereocenters. The number of hydrogen-bond donors (Lipinski definition) is 3. The second-order valence-corrected chi connectivity index (χ2v) is 7.01. The van der Waals surface area contributed by atoms with E-state index in [1.165, 1.54) is 14.0 Å². The second kappa shape index (κ2) is 8.89. The van der Waals surface area contributed by atoms with E-state index in [4.69, 9.17) is 5.11 Å². The van der Waals surface area contributed by atoms with Gasteiger partial charge < -0.3 is 14.9 Å². The molecule has 0 fully saturated rings. The summed E-state index contributed by atoms with van der Waals surface area (Å²) in [5.74, 6) is -2.24. The molecule has 0 bridgehead atoms. The summed E-state index contributed by atoms with van der Waals surface area (Å²) in [7, 11) is -2.21. The number of aliphatic carboxylic acids is 1. The molecule has 0 saturated carbocycles. The van der Waals surface area contributed by atoms with Gasteiger partial charge in [0.25, 0.3) is 13.3 Å². The molecule has 0 radical (unpaired) electrons. The zero-order valence-electron chi connectivity index (χ0n) is 12.2. The van der Waals surface area contributed by atoms with Crippen molar-refractivity contribution in [2.75, 3.05) is 26.4 Å². The zero-order valence-corrected chi connectivity index (χ0v) is 13.1. The molecule has 0 aliphatic rings. The molecule has 0 spiro atoms. The van der Waals surface area contributed by atoms with Gasteiger partial charge in [-0.3, -0.25) is 19.4 Å². The number of carbonyl (C=O) groups excluding carboxylic acids is 2. The van der Waals surface area contributed by atoms with E-state index in [9.17, 15) is 24.2 Å². The van der Waals surface area contributed by atoms with Crippen LogP contribution < -0.4 is 5.32 Å². The fourth-order valence-corrected chi connectivity index (χ4v) is 2.68. The van der Waals surface area contributed by atoms with Gasteiger partial charge in [0.05, 0.1) is 13.1 Å². The number of nitrogens with zero attached hydrogens (tertiary/aromatic N) is 1. The minimum Gasteiger partial charge on any atom is -0.480 e. The molecule has 9 nitrogen and oxygen atoms in total. The molecular weight excluding hydrogens is 303 g/mol. The van der Waals surface area contributed by atoms with Crippen LogP contribution in [0.1, 0.15) is 20.3 Å². The van der Waals surface area contributed by atoms with Gasteiger partial charge in [-0.1, -0.05) is 13.8 Å². The maximum atomic E-state index is 11.9. The topological polar surface area (TPSA) is 133 Å². The molecule has 10 heteroatoms. The van der Waals surface area contributed by atoms with Crippen molar-refractivity contribution in [2.24, 2.45) is 0 Å². The minimum atomic E-state index is -3.38. The van der Waals surface area contributed by atoms with Crippen LogP contribution in [0.4, 0.5) is 0 Å². The zero-order chi connectivity index (χ0) is 16.6. The predicted molar refractivity (Wildman–Crippen MR) is 73.4 cm³/mol. The lowest BCUT2D eigenvalue weighted by Crippen LogP contribution is -2.46. The fourth-order valence-electron chi connectivity index (χ4n) is 1.51. The summed E-state index contributed by atoms with van der Waals surface area (Å²) < 4.78 is 16.6. The average Bonchev–Trinajstić information content (AvgIpc) is 2.46. The van der Waals surface area contributed by atoms with Gasteiger partial charge in [-0.25, -0.2) is 9.86 Å². The van der Waals surface area contributed by atoms with Crippen LogP contribution in [0.2, 0.25) is 0 Å². The van der Waals surface area contributed by atoms with Crippen LogP contribution in [0.3, 0.4) is 0 Å². The van der Waals surface area contributed by atoms with E-state index in [2.05, 4.69) is 9.84 Å². The van der Waals surface area contributed by atoms with Crippen LogP contribution in [0.15, 0.2) is 0 Å². The summed E-state index contributed by atoms with van der Waals surface area (Å²) in [6, 6.07) is -1.35. The Kier molecular flexibility index (Phi) is 8.34. The highest BCUT2D eigenvalue weighted by molar-refractivity contribution is 7.76. The number of rotatable bonds is 10. The van der Waals surface area contributed by atoms with Gasteiger partial charge in [0.15, 0.2) is 6.04 Å². The van der Waals surface area contributed by atoms with Gasteiger partial charge >= 0.3 is 5.97 Å². The van der Waals surface area contributed by atoms with Crippen molar-refractivity contribution in [3.8, 4) is 0 Å². The molecule has 122 valence electrons. The van der Waals surface area contributed by atoms with Crippen LogP contribution in [-0.4, -0.2) is 65.2 Å². The Bertz CT molecular complexity index is 432. The molecule has 0 aliphatic carbocycles. The molecule has 0 aromatic carbocycles. The summed E-state index contributed by atoms with van der Waals surface area (Å²) in [5, 5.41) is 20.8. The van der Waals surface area contributed by atoms with Crippen LogP contribution in [-0.2, 0) is 23.5 Å². The first-order valence-corrected chi connectivity index (χ1v) is 8.17. The smallest absolute Gasteiger partial charge is 0.329 e. The first-order chi connectivity index (χ1) is 9.73. The summed E-state index contributed by atoms with van der Waals surface area (Å²) in [6.07, 6.45) is 0.0756. The summed E-state index contributed by atoms with van der Waals surface area (Å²) >= 11 is 0. The molecule has 21 heavy (non-hydrogen) atoms. The summed E-state index contributed by atoms with van der Waals surface area (Å²) in [4.78, 5) is 34.0. The Labute approximate surface area is 122 Å². The van der Waals surface area contributed by atoms with E-state index in [0.29, 0.717) is 0 Å². The summed E-state index contributed by atoms with van der Waals surface area (Å²) in [5.41, 5.74) is -0.671. The average molecular weight is 324 g/mol. The van der Waals surface area contributed by atoms with Crippen molar-refractivity contribution in [1.82, 2.24) is 10.4 Å². The maximum Gasteiger partial charge on any atom is 0.329 e. The molecule has 2 unspecified atom stereocenters. The Hall–Kier alpha value is -1.28. The van der Waals surface area contributed by atoms with E-state index in [1.807, 2.05) is 0 Å². The van der Waals surface area contributed by atoms with Crippen LogP contribution in [0, 0.1) is 0 Å². The lowest BCUT2D eigenvalue weighted by molar-refractivity contribution is -0.185. The van der Waals surface area contributed by atoms with Gasteiger partial charge in [-0.2, -0.15) is 0 Å². The SMILES string of the molecule is CCC(C(=O)O)N(O)C(=O)CNCC(=O)P(=O)(CC)OC. The molecule has 0 aromatic heterocycles. The number of nitrogens with one attached hydrogen (secondary N) is 1. The standard InChI is InChI=1S/C11H21N2O7P/c1-4-8(11(16)17)13(18)9(14)6-12-7-10(15)21(19,5-2)20-3/h8,12,18H,4-7H2,1-3H3,(H,16,17). The molecule has 0 aromatic rings. The minimum absolute atomic E-state index is 0.0330. The van der Waals surface area contributed by atoms with Gasteiger partial charge in [0, 0.05) is 13.3 Å². The molecule has 0 saturated heterocycles. The highest BCUT2D eigenvalue weighted by Gasteiger charge is 2.30. The van der Waals surface area contributed by atoms with Gasteiger partial charge in [-0.05, 0) is 6.42 Å². The number of carboxylic acid groups (broad SMARTS) is 1. The van der Waals surface area contributed by atoms with E-state index in [1.54, 1.807) is 6.92 Å². The largest absolute Gasteiger partial charge is 0.480 e. The third-order valence-electron chi connectivity index (χ3n) is 2.87. The van der Waals surface area contributed by atoms with Crippen molar-refractivity contribution in [3.05, 3.63) is 0 Å². The lowest BCUT2D eigenvalue weighted by Gasteiger charge is -2.21. The number of carboxylic acids is 1. The Morgan fingerprint density at radius 2 is 1.86 bits per heavy atom. The van der Waals surface area contributed by atoms with Crippen molar-refractivity contribution >= 4 is 24.8 Å². The van der Waals surface area contributed by atoms with Crippen LogP contribution in [0.25, 0.3) is 0 Å². The normalized spacial score (nSPS) is 15.0. The van der Waals surface area contributed by atoms with Crippen LogP contribution in [0.5, 0.6) is 0 Å². The van der Waals surface area contributed by atoms with Gasteiger partial charge in [0.1, 0.15) is 0 Å². The number of carbonyl (C=O) groups is 3. The third kappa shape index (κ3) is 5.55. The Balaban J connectivity index is 4.42. The molecular formula is C11H21N2O7P. The van der Waals surface area contributed by atoms with E-state index < -0.39 is 37.4 Å². The lowest BCUT2D eigenvalue weighted by atomic mass is 10.2. The number of hydroxylamine groups is 2. The molecule has 0 aliphatic heterocycles. The first-order valence-electron chi connectivity index (χ1n) is 6.36. The molecule has 0 rings (SSSR count). The van der Waals surface area contributed by atoms with Crippen LogP contribution >= 0.6 is 7.37 Å². The number of hydrogen-bond acceptors (Lipinski definition) is 7. The molecule has 0 heterocycles. The van der Waals surface area contributed by atoms with Crippen molar-refractivity contribution in [2.45, 2.75) is 26.3 Å². The molecule has 1 amide bonds. The maximum absolute atomic E-state index is 11.9. The van der Waals surface area contributed by atoms with Gasteiger partial charge in [-0.15, -0.1) is 0 Å². The first kappa shape index (κ1) is 19.7.